The van der Waals surface area contributed by atoms with Crippen LogP contribution < -0.4 is 20.1 Å². The lowest BCUT2D eigenvalue weighted by molar-refractivity contribution is 0.175. The summed E-state index contributed by atoms with van der Waals surface area (Å²) in [5.41, 5.74) is 1.82. The molecular formula is C22H28ClN3O3. The van der Waals surface area contributed by atoms with Crippen molar-refractivity contribution >= 4 is 23.3 Å². The number of hydrogen-bond acceptors (Lipinski definition) is 4. The Morgan fingerprint density at radius 2 is 1.93 bits per heavy atom. The number of benzene rings is 2. The lowest BCUT2D eigenvalue weighted by Gasteiger charge is -2.32. The van der Waals surface area contributed by atoms with Gasteiger partial charge in [0.25, 0.3) is 0 Å². The number of urea groups is 1. The molecule has 1 fully saturated rings. The molecule has 2 amide bonds. The molecule has 1 aliphatic rings. The summed E-state index contributed by atoms with van der Waals surface area (Å²) in [5.74, 6) is 1.73. The Morgan fingerprint density at radius 3 is 2.62 bits per heavy atom. The molecule has 2 aromatic rings. The number of likely N-dealkylation sites (tertiary alicyclic amines) is 1. The molecule has 0 bridgehead atoms. The Labute approximate surface area is 177 Å². The molecule has 0 aromatic heterocycles. The van der Waals surface area contributed by atoms with Crippen molar-refractivity contribution in [3.63, 3.8) is 0 Å². The fourth-order valence-electron chi connectivity index (χ4n) is 3.56. The van der Waals surface area contributed by atoms with Crippen LogP contribution in [0.3, 0.4) is 0 Å². The van der Waals surface area contributed by atoms with Crippen molar-refractivity contribution in [2.75, 3.05) is 39.2 Å². The Bertz CT molecular complexity index is 823. The van der Waals surface area contributed by atoms with Crippen LogP contribution in [-0.2, 0) is 6.54 Å². The maximum absolute atomic E-state index is 12.3. The number of methoxy groups -OCH3 is 2. The normalized spacial score (nSPS) is 15.0. The van der Waals surface area contributed by atoms with Crippen LogP contribution in [0, 0.1) is 5.92 Å². The second-order valence-corrected chi connectivity index (χ2v) is 7.69. The third-order valence-corrected chi connectivity index (χ3v) is 5.44. The molecule has 1 aliphatic heterocycles. The highest BCUT2D eigenvalue weighted by atomic mass is 35.5. The van der Waals surface area contributed by atoms with Gasteiger partial charge < -0.3 is 20.1 Å². The first-order chi connectivity index (χ1) is 14.1. The number of carbonyl (C=O) groups is 1. The zero-order valence-electron chi connectivity index (χ0n) is 16.9. The van der Waals surface area contributed by atoms with Crippen molar-refractivity contribution < 1.29 is 14.3 Å². The van der Waals surface area contributed by atoms with E-state index in [1.807, 2.05) is 18.2 Å². The zero-order chi connectivity index (χ0) is 20.6. The molecule has 2 N–H and O–H groups in total. The molecule has 0 unspecified atom stereocenters. The van der Waals surface area contributed by atoms with Crippen LogP contribution in [0.1, 0.15) is 18.4 Å². The van der Waals surface area contributed by atoms with Gasteiger partial charge in [0.05, 0.1) is 19.9 Å². The van der Waals surface area contributed by atoms with E-state index in [-0.39, 0.29) is 6.03 Å². The van der Waals surface area contributed by atoms with E-state index in [2.05, 4.69) is 21.6 Å². The van der Waals surface area contributed by atoms with Gasteiger partial charge in [-0.15, -0.1) is 0 Å². The quantitative estimate of drug-likeness (QED) is 0.701. The molecule has 0 saturated carbocycles. The second kappa shape index (κ2) is 10.4. The third-order valence-electron chi connectivity index (χ3n) is 5.21. The first-order valence-electron chi connectivity index (χ1n) is 9.81. The van der Waals surface area contributed by atoms with Crippen LogP contribution in [0.4, 0.5) is 10.5 Å². The number of anilines is 1. The summed E-state index contributed by atoms with van der Waals surface area (Å²) in [6.45, 7) is 3.61. The first kappa shape index (κ1) is 21.3. The molecule has 0 atom stereocenters. The minimum atomic E-state index is -0.238. The van der Waals surface area contributed by atoms with E-state index in [0.717, 1.165) is 37.5 Å². The maximum Gasteiger partial charge on any atom is 0.319 e. The Kier molecular flexibility index (Phi) is 7.61. The summed E-state index contributed by atoms with van der Waals surface area (Å²) in [4.78, 5) is 14.8. The van der Waals surface area contributed by atoms with Crippen LogP contribution in [0.15, 0.2) is 42.5 Å². The Balaban J connectivity index is 1.43. The smallest absolute Gasteiger partial charge is 0.319 e. The van der Waals surface area contributed by atoms with Crippen molar-refractivity contribution in [1.29, 1.82) is 0 Å². The predicted molar refractivity (Wildman–Crippen MR) is 116 cm³/mol. The van der Waals surface area contributed by atoms with Gasteiger partial charge in [0.2, 0.25) is 0 Å². The SMILES string of the molecule is COc1ccc(OC)c(NC(=O)NCC2CCN(Cc3cccc(Cl)c3)CC2)c1. The van der Waals surface area contributed by atoms with Crippen molar-refractivity contribution in [2.24, 2.45) is 5.92 Å². The summed E-state index contributed by atoms with van der Waals surface area (Å²) in [6, 6.07) is 13.1. The fraction of sp³-hybridized carbons (Fsp3) is 0.409. The molecule has 7 heteroatoms. The second-order valence-electron chi connectivity index (χ2n) is 7.25. The number of carbonyl (C=O) groups excluding carboxylic acids is 1. The standard InChI is InChI=1S/C22H28ClN3O3/c1-28-19-6-7-21(29-2)20(13-19)25-22(27)24-14-16-8-10-26(11-9-16)15-17-4-3-5-18(23)12-17/h3-7,12-13,16H,8-11,14-15H2,1-2H3,(H2,24,25,27). The molecule has 29 heavy (non-hydrogen) atoms. The van der Waals surface area contributed by atoms with Gasteiger partial charge in [-0.25, -0.2) is 4.79 Å². The van der Waals surface area contributed by atoms with Crippen LogP contribution in [0.2, 0.25) is 5.02 Å². The minimum Gasteiger partial charge on any atom is -0.497 e. The number of ether oxygens (including phenoxy) is 2. The topological polar surface area (TPSA) is 62.8 Å². The van der Waals surface area contributed by atoms with Gasteiger partial charge in [-0.3, -0.25) is 4.90 Å². The predicted octanol–water partition coefficient (Wildman–Crippen LogP) is 4.39. The summed E-state index contributed by atoms with van der Waals surface area (Å²) in [6.07, 6.45) is 2.12. The van der Waals surface area contributed by atoms with Gasteiger partial charge in [0, 0.05) is 24.2 Å². The summed E-state index contributed by atoms with van der Waals surface area (Å²) < 4.78 is 10.5. The molecule has 2 aromatic carbocycles. The third kappa shape index (κ3) is 6.27. The average molecular weight is 418 g/mol. The van der Waals surface area contributed by atoms with E-state index < -0.39 is 0 Å². The minimum absolute atomic E-state index is 0.238. The number of hydrogen-bond donors (Lipinski definition) is 2. The number of nitrogens with one attached hydrogen (secondary N) is 2. The zero-order valence-corrected chi connectivity index (χ0v) is 17.7. The van der Waals surface area contributed by atoms with Crippen LogP contribution in [0.25, 0.3) is 0 Å². The van der Waals surface area contributed by atoms with E-state index in [1.54, 1.807) is 32.4 Å². The van der Waals surface area contributed by atoms with Gasteiger partial charge in [0.1, 0.15) is 11.5 Å². The van der Waals surface area contributed by atoms with E-state index in [0.29, 0.717) is 29.6 Å². The summed E-state index contributed by atoms with van der Waals surface area (Å²) in [5, 5.41) is 6.60. The summed E-state index contributed by atoms with van der Waals surface area (Å²) >= 11 is 6.07. The molecule has 6 nitrogen and oxygen atoms in total. The lowest BCUT2D eigenvalue weighted by Crippen LogP contribution is -2.39. The molecule has 3 rings (SSSR count). The molecular weight excluding hydrogens is 390 g/mol. The van der Waals surface area contributed by atoms with Crippen LogP contribution >= 0.6 is 11.6 Å². The molecule has 0 spiro atoms. The molecule has 1 saturated heterocycles. The highest BCUT2D eigenvalue weighted by Crippen LogP contribution is 2.28. The van der Waals surface area contributed by atoms with E-state index in [9.17, 15) is 4.79 Å². The number of halogens is 1. The van der Waals surface area contributed by atoms with E-state index >= 15 is 0 Å². The highest BCUT2D eigenvalue weighted by molar-refractivity contribution is 6.30. The first-order valence-corrected chi connectivity index (χ1v) is 10.2. The van der Waals surface area contributed by atoms with Crippen molar-refractivity contribution in [1.82, 2.24) is 10.2 Å². The largest absolute Gasteiger partial charge is 0.497 e. The number of amides is 2. The van der Waals surface area contributed by atoms with Gasteiger partial charge in [-0.05, 0) is 61.7 Å². The van der Waals surface area contributed by atoms with Gasteiger partial charge in [0.15, 0.2) is 0 Å². The van der Waals surface area contributed by atoms with Crippen molar-refractivity contribution in [3.05, 3.63) is 53.1 Å². The van der Waals surface area contributed by atoms with Crippen LogP contribution in [-0.4, -0.2) is 44.8 Å². The van der Waals surface area contributed by atoms with Gasteiger partial charge in [-0.1, -0.05) is 23.7 Å². The number of nitrogens with zero attached hydrogens (tertiary/aromatic N) is 1. The molecule has 0 radical (unpaired) electrons. The van der Waals surface area contributed by atoms with Gasteiger partial charge >= 0.3 is 6.03 Å². The lowest BCUT2D eigenvalue weighted by atomic mass is 9.96. The summed E-state index contributed by atoms with van der Waals surface area (Å²) in [7, 11) is 3.16. The highest BCUT2D eigenvalue weighted by Gasteiger charge is 2.20. The Morgan fingerprint density at radius 1 is 1.14 bits per heavy atom. The molecule has 1 heterocycles. The Hall–Kier alpha value is -2.44. The monoisotopic (exact) mass is 417 g/mol. The van der Waals surface area contributed by atoms with Crippen molar-refractivity contribution in [3.8, 4) is 11.5 Å². The number of piperidine rings is 1. The van der Waals surface area contributed by atoms with Gasteiger partial charge in [-0.2, -0.15) is 0 Å². The molecule has 156 valence electrons. The van der Waals surface area contributed by atoms with E-state index in [1.165, 1.54) is 5.56 Å². The average Bonchev–Trinajstić information content (AvgIpc) is 2.73. The maximum atomic E-state index is 12.3. The fourth-order valence-corrected chi connectivity index (χ4v) is 3.77. The number of rotatable bonds is 7. The van der Waals surface area contributed by atoms with Crippen molar-refractivity contribution in [2.45, 2.75) is 19.4 Å². The molecule has 0 aliphatic carbocycles. The van der Waals surface area contributed by atoms with Crippen LogP contribution in [0.5, 0.6) is 11.5 Å². The van der Waals surface area contributed by atoms with E-state index in [4.69, 9.17) is 21.1 Å².